The molecule has 3 rings (SSSR count). The minimum absolute atomic E-state index is 0.0487. The van der Waals surface area contributed by atoms with Crippen molar-refractivity contribution in [3.63, 3.8) is 0 Å². The van der Waals surface area contributed by atoms with Crippen LogP contribution in [0.1, 0.15) is 27.5 Å². The third-order valence-corrected chi connectivity index (χ3v) is 6.73. The molecule has 0 aliphatic rings. The zero-order valence-electron chi connectivity index (χ0n) is 15.0. The molecule has 0 bridgehead atoms. The van der Waals surface area contributed by atoms with E-state index in [9.17, 15) is 17.6 Å². The zero-order valence-corrected chi connectivity index (χ0v) is 16.6. The van der Waals surface area contributed by atoms with Gasteiger partial charge in [-0.3, -0.25) is 4.79 Å². The summed E-state index contributed by atoms with van der Waals surface area (Å²) in [5.41, 5.74) is 0.775. The van der Waals surface area contributed by atoms with Crippen molar-refractivity contribution in [3.05, 3.63) is 82.1 Å². The molecule has 1 aromatic heterocycles. The Hall–Kier alpha value is -2.58. The Morgan fingerprint density at radius 3 is 2.54 bits per heavy atom. The smallest absolute Gasteiger partial charge is 0.270 e. The number of thiazole rings is 1. The summed E-state index contributed by atoms with van der Waals surface area (Å²) in [4.78, 5) is 16.7. The maximum atomic E-state index is 13.7. The number of halogens is 1. The molecule has 1 heterocycles. The van der Waals surface area contributed by atoms with E-state index in [1.165, 1.54) is 17.4 Å². The number of sulfone groups is 1. The molecule has 0 saturated heterocycles. The van der Waals surface area contributed by atoms with Crippen LogP contribution in [0.5, 0.6) is 0 Å². The highest BCUT2D eigenvalue weighted by Crippen LogP contribution is 2.17. The van der Waals surface area contributed by atoms with E-state index >= 15 is 0 Å². The molecule has 28 heavy (non-hydrogen) atoms. The van der Waals surface area contributed by atoms with Gasteiger partial charge in [-0.05, 0) is 30.2 Å². The average molecular weight is 419 g/mol. The highest BCUT2D eigenvalue weighted by molar-refractivity contribution is 7.91. The summed E-state index contributed by atoms with van der Waals surface area (Å²) in [6.45, 7) is 0.227. The molecule has 0 unspecified atom stereocenters. The summed E-state index contributed by atoms with van der Waals surface area (Å²) < 4.78 is 38.1. The number of hydrogen-bond acceptors (Lipinski definition) is 5. The summed E-state index contributed by atoms with van der Waals surface area (Å²) in [6, 6.07) is 14.7. The Morgan fingerprint density at radius 2 is 1.79 bits per heavy atom. The fourth-order valence-electron chi connectivity index (χ4n) is 2.60. The van der Waals surface area contributed by atoms with E-state index in [-0.39, 0.29) is 34.6 Å². The Labute approximate surface area is 167 Å². The van der Waals surface area contributed by atoms with Gasteiger partial charge in [0.05, 0.1) is 15.7 Å². The topological polar surface area (TPSA) is 76.1 Å². The Bertz CT molecular complexity index is 1050. The first kappa shape index (κ1) is 20.2. The molecule has 1 amide bonds. The van der Waals surface area contributed by atoms with Crippen molar-refractivity contribution in [1.82, 2.24) is 10.3 Å². The largest absolute Gasteiger partial charge is 0.351 e. The second-order valence-corrected chi connectivity index (χ2v) is 9.19. The molecule has 146 valence electrons. The van der Waals surface area contributed by atoms with Crippen molar-refractivity contribution >= 4 is 27.1 Å². The van der Waals surface area contributed by atoms with E-state index in [4.69, 9.17) is 0 Å². The van der Waals surface area contributed by atoms with Gasteiger partial charge in [-0.1, -0.05) is 36.4 Å². The highest BCUT2D eigenvalue weighted by Gasteiger charge is 2.15. The van der Waals surface area contributed by atoms with Crippen molar-refractivity contribution < 1.29 is 17.6 Å². The van der Waals surface area contributed by atoms with Crippen LogP contribution in [0.15, 0.2) is 64.9 Å². The lowest BCUT2D eigenvalue weighted by Gasteiger charge is -2.05. The highest BCUT2D eigenvalue weighted by atomic mass is 32.2. The SMILES string of the molecule is O=C(NCCCS(=O)(=O)c1ccccc1)c1csc(Cc2ccccc2F)n1. The third-order valence-electron chi connectivity index (χ3n) is 4.06. The maximum absolute atomic E-state index is 13.7. The molecule has 0 atom stereocenters. The first-order chi connectivity index (χ1) is 13.5. The zero-order chi connectivity index (χ0) is 20.0. The number of hydrogen-bond donors (Lipinski definition) is 1. The summed E-state index contributed by atoms with van der Waals surface area (Å²) >= 11 is 1.29. The number of benzene rings is 2. The lowest BCUT2D eigenvalue weighted by atomic mass is 10.1. The van der Waals surface area contributed by atoms with Crippen LogP contribution < -0.4 is 5.32 Å². The lowest BCUT2D eigenvalue weighted by molar-refractivity contribution is 0.0949. The van der Waals surface area contributed by atoms with Gasteiger partial charge in [-0.25, -0.2) is 17.8 Å². The fourth-order valence-corrected chi connectivity index (χ4v) is 4.73. The van der Waals surface area contributed by atoms with Gasteiger partial charge in [0.2, 0.25) is 0 Å². The maximum Gasteiger partial charge on any atom is 0.270 e. The van der Waals surface area contributed by atoms with E-state index < -0.39 is 9.84 Å². The molecule has 0 spiro atoms. The first-order valence-corrected chi connectivity index (χ1v) is 11.2. The summed E-state index contributed by atoms with van der Waals surface area (Å²) in [6.07, 6.45) is 0.620. The van der Waals surface area contributed by atoms with E-state index in [1.807, 2.05) is 0 Å². The third kappa shape index (κ3) is 5.24. The van der Waals surface area contributed by atoms with Crippen LogP contribution >= 0.6 is 11.3 Å². The normalized spacial score (nSPS) is 11.3. The number of rotatable bonds is 8. The molecular weight excluding hydrogens is 399 g/mol. The average Bonchev–Trinajstić information content (AvgIpc) is 3.16. The van der Waals surface area contributed by atoms with Crippen LogP contribution in [0.4, 0.5) is 4.39 Å². The van der Waals surface area contributed by atoms with Gasteiger partial charge < -0.3 is 5.32 Å². The van der Waals surface area contributed by atoms with Crippen LogP contribution in [0, 0.1) is 5.82 Å². The Morgan fingerprint density at radius 1 is 1.07 bits per heavy atom. The standard InChI is InChI=1S/C20H19FN2O3S2/c21-17-10-5-4-7-15(17)13-19-23-18(14-27-19)20(24)22-11-6-12-28(25,26)16-8-2-1-3-9-16/h1-5,7-10,14H,6,11-13H2,(H,22,24). The van der Waals surface area contributed by atoms with E-state index in [0.29, 0.717) is 23.4 Å². The molecule has 3 aromatic rings. The predicted molar refractivity (Wildman–Crippen MR) is 107 cm³/mol. The molecule has 0 aliphatic carbocycles. The second kappa shape index (κ2) is 9.07. The molecule has 0 radical (unpaired) electrons. The number of nitrogens with one attached hydrogen (secondary N) is 1. The molecule has 5 nitrogen and oxygen atoms in total. The summed E-state index contributed by atoms with van der Waals surface area (Å²) in [7, 11) is -3.36. The predicted octanol–water partition coefficient (Wildman–Crippen LogP) is 3.47. The van der Waals surface area contributed by atoms with Crippen LogP contribution in [-0.2, 0) is 16.3 Å². The minimum Gasteiger partial charge on any atom is -0.351 e. The van der Waals surface area contributed by atoms with Crippen molar-refractivity contribution in [2.45, 2.75) is 17.7 Å². The molecule has 8 heteroatoms. The summed E-state index contributed by atoms with van der Waals surface area (Å²) in [5, 5.41) is 4.94. The van der Waals surface area contributed by atoms with E-state index in [0.717, 1.165) is 0 Å². The van der Waals surface area contributed by atoms with Crippen molar-refractivity contribution in [1.29, 1.82) is 0 Å². The van der Waals surface area contributed by atoms with E-state index in [1.54, 1.807) is 53.9 Å². The van der Waals surface area contributed by atoms with Gasteiger partial charge in [-0.15, -0.1) is 11.3 Å². The van der Waals surface area contributed by atoms with Gasteiger partial charge in [0.15, 0.2) is 9.84 Å². The van der Waals surface area contributed by atoms with Crippen molar-refractivity contribution in [3.8, 4) is 0 Å². The summed E-state index contributed by atoms with van der Waals surface area (Å²) in [5.74, 6) is -0.719. The van der Waals surface area contributed by atoms with Crippen LogP contribution in [0.2, 0.25) is 0 Å². The molecule has 0 saturated carbocycles. The van der Waals surface area contributed by atoms with Crippen LogP contribution in [-0.4, -0.2) is 31.6 Å². The van der Waals surface area contributed by atoms with Gasteiger partial charge in [0, 0.05) is 18.3 Å². The van der Waals surface area contributed by atoms with Crippen LogP contribution in [0.25, 0.3) is 0 Å². The number of carbonyl (C=O) groups excluding carboxylic acids is 1. The first-order valence-electron chi connectivity index (χ1n) is 8.69. The van der Waals surface area contributed by atoms with Gasteiger partial charge in [0.1, 0.15) is 11.5 Å². The van der Waals surface area contributed by atoms with Gasteiger partial charge in [-0.2, -0.15) is 0 Å². The molecular formula is C20H19FN2O3S2. The molecule has 0 fully saturated rings. The molecule has 2 aromatic carbocycles. The number of amides is 1. The monoisotopic (exact) mass is 418 g/mol. The minimum atomic E-state index is -3.36. The van der Waals surface area contributed by atoms with E-state index in [2.05, 4.69) is 10.3 Å². The number of nitrogens with zero attached hydrogens (tertiary/aromatic N) is 1. The van der Waals surface area contributed by atoms with Crippen molar-refractivity contribution in [2.75, 3.05) is 12.3 Å². The number of aromatic nitrogens is 1. The van der Waals surface area contributed by atoms with Gasteiger partial charge >= 0.3 is 0 Å². The quantitative estimate of drug-likeness (QED) is 0.569. The second-order valence-electron chi connectivity index (χ2n) is 6.14. The van der Waals surface area contributed by atoms with Crippen LogP contribution in [0.3, 0.4) is 0 Å². The Balaban J connectivity index is 1.49. The molecule has 0 aliphatic heterocycles. The Kier molecular flexibility index (Phi) is 6.53. The fraction of sp³-hybridized carbons (Fsp3) is 0.200. The van der Waals surface area contributed by atoms with Gasteiger partial charge in [0.25, 0.3) is 5.91 Å². The lowest BCUT2D eigenvalue weighted by Crippen LogP contribution is -2.26. The molecule has 1 N–H and O–H groups in total. The number of carbonyl (C=O) groups is 1. The van der Waals surface area contributed by atoms with Crippen molar-refractivity contribution in [2.24, 2.45) is 0 Å².